The lowest BCUT2D eigenvalue weighted by molar-refractivity contribution is 0.628. The summed E-state index contributed by atoms with van der Waals surface area (Å²) in [6.07, 6.45) is 2.69. The summed E-state index contributed by atoms with van der Waals surface area (Å²) < 4.78 is 0. The molecule has 2 unspecified atom stereocenters. The van der Waals surface area contributed by atoms with Crippen molar-refractivity contribution in [3.63, 3.8) is 0 Å². The van der Waals surface area contributed by atoms with Crippen LogP contribution in [0, 0.1) is 5.92 Å². The zero-order chi connectivity index (χ0) is 6.69. The highest BCUT2D eigenvalue weighted by atomic mass is 15.0. The van der Waals surface area contributed by atoms with E-state index >= 15 is 0 Å². The van der Waals surface area contributed by atoms with Gasteiger partial charge in [0.1, 0.15) is 0 Å². The van der Waals surface area contributed by atoms with Gasteiger partial charge in [-0.05, 0) is 12.3 Å². The molecule has 1 aliphatic rings. The monoisotopic (exact) mass is 128 g/mol. The Labute approximate surface area is 56.8 Å². The summed E-state index contributed by atoms with van der Waals surface area (Å²) in [5.74, 6) is 0.955. The third kappa shape index (κ3) is 1.95. The number of nitrogens with one attached hydrogen (secondary N) is 1. The third-order valence-electron chi connectivity index (χ3n) is 2.00. The predicted octanol–water partition coefficient (Wildman–Crippen LogP) is 0.333. The second kappa shape index (κ2) is 3.18. The van der Waals surface area contributed by atoms with Crippen LogP contribution in [0.3, 0.4) is 0 Å². The zero-order valence-corrected chi connectivity index (χ0v) is 6.06. The van der Waals surface area contributed by atoms with Crippen LogP contribution in [0.1, 0.15) is 19.8 Å². The fraction of sp³-hybridized carbons (Fsp3) is 1.00. The Bertz CT molecular complexity index is 83.0. The van der Waals surface area contributed by atoms with Crippen LogP contribution in [0.5, 0.6) is 0 Å². The second-order valence-electron chi connectivity index (χ2n) is 2.75. The van der Waals surface area contributed by atoms with Crippen LogP contribution < -0.4 is 11.1 Å². The van der Waals surface area contributed by atoms with Gasteiger partial charge in [0, 0.05) is 19.1 Å². The molecule has 3 N–H and O–H groups in total. The fourth-order valence-corrected chi connectivity index (χ4v) is 1.22. The maximum Gasteiger partial charge on any atom is 0.00995 e. The minimum atomic E-state index is 0.771. The van der Waals surface area contributed by atoms with E-state index in [1.165, 1.54) is 12.8 Å². The summed E-state index contributed by atoms with van der Waals surface area (Å²) in [7, 11) is 0. The van der Waals surface area contributed by atoms with E-state index in [1.54, 1.807) is 0 Å². The fourth-order valence-electron chi connectivity index (χ4n) is 1.22. The molecule has 9 heavy (non-hydrogen) atoms. The van der Waals surface area contributed by atoms with E-state index in [0.717, 1.165) is 25.0 Å². The highest BCUT2D eigenvalue weighted by Gasteiger charge is 2.33. The van der Waals surface area contributed by atoms with Gasteiger partial charge in [-0.2, -0.15) is 0 Å². The van der Waals surface area contributed by atoms with Crippen molar-refractivity contribution in [2.45, 2.75) is 25.8 Å². The normalized spacial score (nSPS) is 32.7. The molecule has 1 saturated carbocycles. The lowest BCUT2D eigenvalue weighted by Gasteiger charge is -1.98. The van der Waals surface area contributed by atoms with Gasteiger partial charge in [0.2, 0.25) is 0 Å². The van der Waals surface area contributed by atoms with Crippen molar-refractivity contribution in [2.75, 3.05) is 13.1 Å². The topological polar surface area (TPSA) is 38.0 Å². The zero-order valence-electron chi connectivity index (χ0n) is 6.06. The van der Waals surface area contributed by atoms with E-state index in [0.29, 0.717) is 0 Å². The summed E-state index contributed by atoms with van der Waals surface area (Å²) >= 11 is 0. The average molecular weight is 128 g/mol. The van der Waals surface area contributed by atoms with Gasteiger partial charge < -0.3 is 11.1 Å². The van der Waals surface area contributed by atoms with Gasteiger partial charge in [0.25, 0.3) is 0 Å². The van der Waals surface area contributed by atoms with Crippen molar-refractivity contribution in [1.82, 2.24) is 5.32 Å². The molecule has 0 saturated heterocycles. The van der Waals surface area contributed by atoms with Crippen LogP contribution in [0.2, 0.25) is 0 Å². The first-order valence-corrected chi connectivity index (χ1v) is 3.82. The minimum Gasteiger partial charge on any atom is -0.329 e. The van der Waals surface area contributed by atoms with E-state index in [1.807, 2.05) is 0 Å². The number of rotatable bonds is 4. The molecular weight excluding hydrogens is 112 g/mol. The van der Waals surface area contributed by atoms with Gasteiger partial charge in [-0.1, -0.05) is 13.3 Å². The highest BCUT2D eigenvalue weighted by molar-refractivity contribution is 4.91. The van der Waals surface area contributed by atoms with Crippen LogP contribution in [-0.4, -0.2) is 19.1 Å². The van der Waals surface area contributed by atoms with Crippen molar-refractivity contribution in [3.05, 3.63) is 0 Å². The van der Waals surface area contributed by atoms with Crippen LogP contribution in [0.4, 0.5) is 0 Å². The first-order chi connectivity index (χ1) is 4.38. The standard InChI is InChI=1S/C7H16N2/c1-2-6-5-7(6)9-4-3-8/h6-7,9H,2-5,8H2,1H3. The summed E-state index contributed by atoms with van der Waals surface area (Å²) in [6, 6.07) is 0.804. The van der Waals surface area contributed by atoms with E-state index in [2.05, 4.69) is 12.2 Å². The first kappa shape index (κ1) is 7.03. The predicted molar refractivity (Wildman–Crippen MR) is 39.2 cm³/mol. The summed E-state index contributed by atoms with van der Waals surface area (Å²) in [6.45, 7) is 4.00. The Balaban J connectivity index is 1.92. The molecule has 2 atom stereocenters. The van der Waals surface area contributed by atoms with Gasteiger partial charge in [-0.3, -0.25) is 0 Å². The molecule has 0 aromatic heterocycles. The van der Waals surface area contributed by atoms with Crippen molar-refractivity contribution < 1.29 is 0 Å². The Morgan fingerprint density at radius 2 is 2.44 bits per heavy atom. The average Bonchev–Trinajstić information content (AvgIpc) is 2.62. The Kier molecular flexibility index (Phi) is 2.49. The smallest absolute Gasteiger partial charge is 0.00995 e. The van der Waals surface area contributed by atoms with E-state index < -0.39 is 0 Å². The summed E-state index contributed by atoms with van der Waals surface area (Å²) in [5.41, 5.74) is 5.33. The summed E-state index contributed by atoms with van der Waals surface area (Å²) in [4.78, 5) is 0. The van der Waals surface area contributed by atoms with Crippen molar-refractivity contribution in [3.8, 4) is 0 Å². The molecule has 54 valence electrons. The molecule has 2 heteroatoms. The van der Waals surface area contributed by atoms with Gasteiger partial charge in [-0.25, -0.2) is 0 Å². The second-order valence-corrected chi connectivity index (χ2v) is 2.75. The first-order valence-electron chi connectivity index (χ1n) is 3.82. The van der Waals surface area contributed by atoms with Crippen LogP contribution >= 0.6 is 0 Å². The molecular formula is C7H16N2. The molecule has 1 rings (SSSR count). The highest BCUT2D eigenvalue weighted by Crippen LogP contribution is 2.32. The van der Waals surface area contributed by atoms with E-state index in [-0.39, 0.29) is 0 Å². The molecule has 0 aromatic carbocycles. The molecule has 0 aliphatic heterocycles. The minimum absolute atomic E-state index is 0.771. The third-order valence-corrected chi connectivity index (χ3v) is 2.00. The number of hydrogen-bond acceptors (Lipinski definition) is 2. The molecule has 0 radical (unpaired) electrons. The number of nitrogens with two attached hydrogens (primary N) is 1. The molecule has 0 spiro atoms. The molecule has 0 heterocycles. The van der Waals surface area contributed by atoms with Crippen molar-refractivity contribution >= 4 is 0 Å². The van der Waals surface area contributed by atoms with Crippen LogP contribution in [0.25, 0.3) is 0 Å². The largest absolute Gasteiger partial charge is 0.329 e. The molecule has 1 fully saturated rings. The molecule has 1 aliphatic carbocycles. The van der Waals surface area contributed by atoms with Crippen molar-refractivity contribution in [2.24, 2.45) is 11.7 Å². The number of hydrogen-bond donors (Lipinski definition) is 2. The molecule has 0 amide bonds. The SMILES string of the molecule is CCC1CC1NCCN. The Morgan fingerprint density at radius 3 is 2.89 bits per heavy atom. The van der Waals surface area contributed by atoms with E-state index in [9.17, 15) is 0 Å². The Morgan fingerprint density at radius 1 is 1.67 bits per heavy atom. The maximum atomic E-state index is 5.33. The molecule has 0 bridgehead atoms. The van der Waals surface area contributed by atoms with Gasteiger partial charge in [0.05, 0.1) is 0 Å². The lowest BCUT2D eigenvalue weighted by atomic mass is 10.3. The quantitative estimate of drug-likeness (QED) is 0.572. The Hall–Kier alpha value is -0.0800. The van der Waals surface area contributed by atoms with Gasteiger partial charge in [-0.15, -0.1) is 0 Å². The lowest BCUT2D eigenvalue weighted by Crippen LogP contribution is -2.25. The molecule has 2 nitrogen and oxygen atoms in total. The van der Waals surface area contributed by atoms with Crippen LogP contribution in [-0.2, 0) is 0 Å². The van der Waals surface area contributed by atoms with Gasteiger partial charge in [0.15, 0.2) is 0 Å². The molecule has 0 aromatic rings. The van der Waals surface area contributed by atoms with E-state index in [4.69, 9.17) is 5.73 Å². The van der Waals surface area contributed by atoms with Gasteiger partial charge >= 0.3 is 0 Å². The maximum absolute atomic E-state index is 5.33. The summed E-state index contributed by atoms with van der Waals surface area (Å²) in [5, 5.41) is 3.38. The van der Waals surface area contributed by atoms with Crippen LogP contribution in [0.15, 0.2) is 0 Å². The van der Waals surface area contributed by atoms with Crippen molar-refractivity contribution in [1.29, 1.82) is 0 Å².